The summed E-state index contributed by atoms with van der Waals surface area (Å²) in [5, 5.41) is 10.7. The van der Waals surface area contributed by atoms with Gasteiger partial charge in [-0.25, -0.2) is 9.13 Å². The van der Waals surface area contributed by atoms with Crippen LogP contribution in [0.25, 0.3) is 0 Å². The molecule has 19 heteroatoms. The zero-order valence-corrected chi connectivity index (χ0v) is 72.1. The van der Waals surface area contributed by atoms with Crippen LogP contribution < -0.4 is 0 Å². The Balaban J connectivity index is 5.18. The lowest BCUT2D eigenvalue weighted by Crippen LogP contribution is -2.30. The van der Waals surface area contributed by atoms with Crippen molar-refractivity contribution in [2.45, 2.75) is 496 Å². The summed E-state index contributed by atoms with van der Waals surface area (Å²) in [6.07, 6.45) is 75.1. The number of rotatable bonds is 88. The topological polar surface area (TPSA) is 237 Å². The Kier molecular flexibility index (Phi) is 79.2. The molecule has 0 saturated heterocycles. The molecule has 0 aliphatic heterocycles. The Morgan fingerprint density at radius 3 is 0.664 bits per heavy atom. The molecule has 0 aliphatic carbocycles. The van der Waals surface area contributed by atoms with Crippen molar-refractivity contribution in [2.24, 2.45) is 5.92 Å². The predicted molar refractivity (Wildman–Crippen MR) is 442 cm³/mol. The molecule has 0 bridgehead atoms. The van der Waals surface area contributed by atoms with Crippen LogP contribution in [0.15, 0.2) is 0 Å². The van der Waals surface area contributed by atoms with Gasteiger partial charge in [0.1, 0.15) is 19.3 Å². The molecule has 107 heavy (non-hydrogen) atoms. The smallest absolute Gasteiger partial charge is 0.462 e. The first kappa shape index (κ1) is 105. The molecule has 0 spiro atoms. The summed E-state index contributed by atoms with van der Waals surface area (Å²) in [5.74, 6) is -1.23. The maximum absolute atomic E-state index is 13.2. The van der Waals surface area contributed by atoms with E-state index in [-0.39, 0.29) is 25.7 Å². The highest BCUT2D eigenvalue weighted by atomic mass is 31.2. The van der Waals surface area contributed by atoms with E-state index >= 15 is 0 Å². The van der Waals surface area contributed by atoms with Gasteiger partial charge in [-0.1, -0.05) is 426 Å². The minimum absolute atomic E-state index is 0.109. The van der Waals surface area contributed by atoms with E-state index < -0.39 is 97.5 Å². The molecule has 0 radical (unpaired) electrons. The fourth-order valence-electron chi connectivity index (χ4n) is 13.8. The Morgan fingerprint density at radius 1 is 0.262 bits per heavy atom. The van der Waals surface area contributed by atoms with Crippen LogP contribution in [0.3, 0.4) is 0 Å². The van der Waals surface area contributed by atoms with Crippen LogP contribution in [0.1, 0.15) is 478 Å². The molecule has 17 nitrogen and oxygen atoms in total. The van der Waals surface area contributed by atoms with Gasteiger partial charge in [0.25, 0.3) is 0 Å². The minimum atomic E-state index is -4.97. The molecule has 0 aromatic heterocycles. The summed E-state index contributed by atoms with van der Waals surface area (Å²) in [6.45, 7) is 7.42. The molecular formula is C88H172O17P2. The van der Waals surface area contributed by atoms with Crippen LogP contribution in [0, 0.1) is 5.92 Å². The Bertz CT molecular complexity index is 2030. The quantitative estimate of drug-likeness (QED) is 0.0222. The lowest BCUT2D eigenvalue weighted by Gasteiger charge is -2.21. The first-order valence-corrected chi connectivity index (χ1v) is 48.7. The maximum Gasteiger partial charge on any atom is 0.472 e. The van der Waals surface area contributed by atoms with Gasteiger partial charge < -0.3 is 33.8 Å². The number of aliphatic hydroxyl groups is 1. The van der Waals surface area contributed by atoms with Crippen LogP contribution in [0.5, 0.6) is 0 Å². The van der Waals surface area contributed by atoms with Crippen molar-refractivity contribution in [1.29, 1.82) is 0 Å². The number of phosphoric acid groups is 2. The number of unbranched alkanes of at least 4 members (excludes halogenated alkanes) is 59. The van der Waals surface area contributed by atoms with Gasteiger partial charge in [0, 0.05) is 25.7 Å². The molecule has 0 fully saturated rings. The zero-order valence-electron chi connectivity index (χ0n) is 70.3. The van der Waals surface area contributed by atoms with E-state index in [1.54, 1.807) is 0 Å². The molecule has 0 saturated carbocycles. The highest BCUT2D eigenvalue weighted by Crippen LogP contribution is 2.45. The number of ether oxygens (including phenoxy) is 4. The van der Waals surface area contributed by atoms with Crippen LogP contribution in [0.2, 0.25) is 0 Å². The summed E-state index contributed by atoms with van der Waals surface area (Å²) in [5.41, 5.74) is 0. The second-order valence-corrected chi connectivity index (χ2v) is 34.8. The van der Waals surface area contributed by atoms with Gasteiger partial charge in [-0.2, -0.15) is 0 Å². The van der Waals surface area contributed by atoms with Gasteiger partial charge in [-0.3, -0.25) is 37.3 Å². The monoisotopic (exact) mass is 1560 g/mol. The summed E-state index contributed by atoms with van der Waals surface area (Å²) in [6, 6.07) is 0. The summed E-state index contributed by atoms with van der Waals surface area (Å²) in [7, 11) is -9.92. The van der Waals surface area contributed by atoms with Crippen molar-refractivity contribution >= 4 is 39.5 Å². The van der Waals surface area contributed by atoms with Gasteiger partial charge in [-0.15, -0.1) is 0 Å². The minimum Gasteiger partial charge on any atom is -0.462 e. The molecule has 3 N–H and O–H groups in total. The van der Waals surface area contributed by atoms with Gasteiger partial charge >= 0.3 is 39.5 Å². The standard InChI is InChI=1S/C88H172O17P2/c1-6-10-13-16-19-22-24-26-28-30-31-32-37-40-44-48-52-57-62-67-72-86(91)99-78-84(105-88(93)74-69-64-59-54-50-46-42-38-34-33-36-39-43-47-51-55-60-65-70-81(5)9-4)80-103-107(96,97)101-76-82(89)75-100-106(94,95)102-79-83(77-98-85(90)71-66-61-56-21-18-15-12-8-3)104-87(92)73-68-63-58-53-49-45-41-35-29-27-25-23-20-17-14-11-7-2/h81-84,89H,6-80H2,1-5H3,(H,94,95)(H,96,97)/t81?,82-,83+,84+/m0/s1. The summed E-state index contributed by atoms with van der Waals surface area (Å²) < 4.78 is 68.9. The maximum atomic E-state index is 13.2. The molecule has 0 aromatic carbocycles. The molecule has 636 valence electrons. The summed E-state index contributed by atoms with van der Waals surface area (Å²) in [4.78, 5) is 73.2. The van der Waals surface area contributed by atoms with E-state index in [2.05, 4.69) is 34.6 Å². The van der Waals surface area contributed by atoms with Crippen molar-refractivity contribution in [3.63, 3.8) is 0 Å². The number of hydrogen-bond donors (Lipinski definition) is 3. The molecule has 0 rings (SSSR count). The first-order chi connectivity index (χ1) is 52.1. The Labute approximate surface area is 658 Å². The van der Waals surface area contributed by atoms with Crippen molar-refractivity contribution in [2.75, 3.05) is 39.6 Å². The molecular weight excluding hydrogens is 1390 g/mol. The number of aliphatic hydroxyl groups excluding tert-OH is 1. The predicted octanol–water partition coefficient (Wildman–Crippen LogP) is 27.2. The van der Waals surface area contributed by atoms with E-state index in [1.807, 2.05) is 0 Å². The second kappa shape index (κ2) is 80.7. The van der Waals surface area contributed by atoms with Gasteiger partial charge in [0.15, 0.2) is 12.2 Å². The number of hydrogen-bond acceptors (Lipinski definition) is 15. The third-order valence-electron chi connectivity index (χ3n) is 21.1. The third-order valence-corrected chi connectivity index (χ3v) is 23.0. The van der Waals surface area contributed by atoms with Gasteiger partial charge in [-0.05, 0) is 31.6 Å². The van der Waals surface area contributed by atoms with Gasteiger partial charge in [0.2, 0.25) is 0 Å². The second-order valence-electron chi connectivity index (χ2n) is 31.9. The van der Waals surface area contributed by atoms with E-state index in [0.717, 1.165) is 95.8 Å². The third kappa shape index (κ3) is 80.5. The number of carbonyl (C=O) groups is 4. The zero-order chi connectivity index (χ0) is 78.3. The molecule has 0 aromatic rings. The number of carbonyl (C=O) groups excluding carboxylic acids is 4. The van der Waals surface area contributed by atoms with Crippen LogP contribution in [-0.2, 0) is 65.4 Å². The average Bonchev–Trinajstić information content (AvgIpc) is 0.903. The van der Waals surface area contributed by atoms with Crippen molar-refractivity contribution in [3.05, 3.63) is 0 Å². The average molecular weight is 1560 g/mol. The van der Waals surface area contributed by atoms with E-state index in [0.29, 0.717) is 25.7 Å². The largest absolute Gasteiger partial charge is 0.472 e. The van der Waals surface area contributed by atoms with Crippen molar-refractivity contribution in [1.82, 2.24) is 0 Å². The van der Waals surface area contributed by atoms with E-state index in [9.17, 15) is 43.2 Å². The molecule has 0 aliphatic rings. The van der Waals surface area contributed by atoms with Crippen LogP contribution in [-0.4, -0.2) is 96.7 Å². The van der Waals surface area contributed by atoms with Crippen LogP contribution >= 0.6 is 15.6 Å². The van der Waals surface area contributed by atoms with Crippen LogP contribution in [0.4, 0.5) is 0 Å². The lowest BCUT2D eigenvalue weighted by atomic mass is 9.99. The van der Waals surface area contributed by atoms with E-state index in [1.165, 1.54) is 302 Å². The highest BCUT2D eigenvalue weighted by molar-refractivity contribution is 7.47. The molecule has 0 amide bonds. The first-order valence-electron chi connectivity index (χ1n) is 45.7. The number of phosphoric ester groups is 2. The summed E-state index contributed by atoms with van der Waals surface area (Å²) >= 11 is 0. The molecule has 0 heterocycles. The lowest BCUT2D eigenvalue weighted by molar-refractivity contribution is -0.161. The molecule has 3 unspecified atom stereocenters. The van der Waals surface area contributed by atoms with Gasteiger partial charge in [0.05, 0.1) is 26.4 Å². The molecule has 6 atom stereocenters. The van der Waals surface area contributed by atoms with Crippen molar-refractivity contribution < 1.29 is 80.2 Å². The van der Waals surface area contributed by atoms with Crippen molar-refractivity contribution in [3.8, 4) is 0 Å². The fourth-order valence-corrected chi connectivity index (χ4v) is 15.4. The highest BCUT2D eigenvalue weighted by Gasteiger charge is 2.30. The number of esters is 4. The fraction of sp³-hybridized carbons (Fsp3) is 0.955. The van der Waals surface area contributed by atoms with E-state index in [4.69, 9.17) is 37.0 Å². The SMILES string of the molecule is CCCCCCCCCCCCCCCCCCCCCCC(=O)OC[C@H](COP(=O)(O)OC[C@@H](O)COP(=O)(O)OC[C@@H](COC(=O)CCCCCCCCCC)OC(=O)CCCCCCCCCCCCCCCCCCC)OC(=O)CCCCCCCCCCCCCCCCCCCCC(C)CC. The normalized spacial score (nSPS) is 14.0. The Morgan fingerprint density at radius 2 is 0.449 bits per heavy atom. The Hall–Kier alpha value is -1.94.